The third kappa shape index (κ3) is 2.04. The molecule has 2 aromatic heterocycles. The topological polar surface area (TPSA) is 52.5 Å². The number of pyridine rings is 1. The van der Waals surface area contributed by atoms with Gasteiger partial charge in [0.2, 0.25) is 0 Å². The third-order valence-corrected chi connectivity index (χ3v) is 3.35. The summed E-state index contributed by atoms with van der Waals surface area (Å²) in [6, 6.07) is 14.0. The van der Waals surface area contributed by atoms with Crippen molar-refractivity contribution in [1.29, 1.82) is 0 Å². The molecule has 2 heterocycles. The fourth-order valence-corrected chi connectivity index (χ4v) is 2.44. The second kappa shape index (κ2) is 5.35. The van der Waals surface area contributed by atoms with Crippen LogP contribution in [-0.4, -0.2) is 23.0 Å². The first kappa shape index (κ1) is 12.7. The highest BCUT2D eigenvalue weighted by Crippen LogP contribution is 2.30. The van der Waals surface area contributed by atoms with Crippen LogP contribution in [0.25, 0.3) is 16.9 Å². The molecule has 0 bridgehead atoms. The van der Waals surface area contributed by atoms with Gasteiger partial charge in [0.1, 0.15) is 11.6 Å². The summed E-state index contributed by atoms with van der Waals surface area (Å²) in [5, 5.41) is 0. The van der Waals surface area contributed by atoms with Crippen LogP contribution in [0.3, 0.4) is 0 Å². The lowest BCUT2D eigenvalue weighted by molar-refractivity contribution is 0.416. The van der Waals surface area contributed by atoms with Gasteiger partial charge < -0.3 is 10.5 Å². The van der Waals surface area contributed by atoms with E-state index in [0.29, 0.717) is 6.54 Å². The van der Waals surface area contributed by atoms with Crippen molar-refractivity contribution in [2.24, 2.45) is 5.73 Å². The Kier molecular flexibility index (Phi) is 3.39. The van der Waals surface area contributed by atoms with Crippen LogP contribution in [-0.2, 0) is 6.42 Å². The van der Waals surface area contributed by atoms with E-state index < -0.39 is 0 Å². The molecule has 0 aliphatic carbocycles. The smallest absolute Gasteiger partial charge is 0.148 e. The Bertz CT molecular complexity index is 733. The fraction of sp³-hybridized carbons (Fsp3) is 0.188. The van der Waals surface area contributed by atoms with Gasteiger partial charge in [0.15, 0.2) is 0 Å². The van der Waals surface area contributed by atoms with Crippen molar-refractivity contribution in [2.75, 3.05) is 13.7 Å². The minimum atomic E-state index is 0.590. The molecule has 0 amide bonds. The number of aromatic nitrogens is 2. The zero-order chi connectivity index (χ0) is 13.9. The van der Waals surface area contributed by atoms with Crippen molar-refractivity contribution >= 4 is 5.52 Å². The molecule has 0 fully saturated rings. The largest absolute Gasteiger partial charge is 0.496 e. The summed E-state index contributed by atoms with van der Waals surface area (Å²) in [5.74, 6) is 1.71. The van der Waals surface area contributed by atoms with Gasteiger partial charge in [-0.15, -0.1) is 0 Å². The maximum atomic E-state index is 5.68. The highest BCUT2D eigenvalue weighted by molar-refractivity contribution is 5.70. The Morgan fingerprint density at radius 2 is 1.95 bits per heavy atom. The molecule has 0 aliphatic heterocycles. The molecule has 0 unspecified atom stereocenters. The molecule has 102 valence electrons. The molecule has 0 radical (unpaired) electrons. The number of fused-ring (bicyclic) bond motifs is 1. The Balaban J connectivity index is 2.26. The van der Waals surface area contributed by atoms with E-state index in [1.165, 1.54) is 0 Å². The van der Waals surface area contributed by atoms with Crippen molar-refractivity contribution < 1.29 is 4.74 Å². The van der Waals surface area contributed by atoms with E-state index in [1.54, 1.807) is 7.11 Å². The number of para-hydroxylation sites is 1. The maximum absolute atomic E-state index is 5.68. The average molecular weight is 267 g/mol. The lowest BCUT2D eigenvalue weighted by Crippen LogP contribution is -2.03. The van der Waals surface area contributed by atoms with Gasteiger partial charge in [-0.3, -0.25) is 4.40 Å². The van der Waals surface area contributed by atoms with Gasteiger partial charge >= 0.3 is 0 Å². The van der Waals surface area contributed by atoms with Crippen molar-refractivity contribution in [1.82, 2.24) is 9.38 Å². The number of benzene rings is 1. The van der Waals surface area contributed by atoms with Gasteiger partial charge in [0, 0.05) is 12.6 Å². The van der Waals surface area contributed by atoms with Crippen molar-refractivity contribution in [2.45, 2.75) is 6.42 Å². The lowest BCUT2D eigenvalue weighted by Gasteiger charge is -2.06. The summed E-state index contributed by atoms with van der Waals surface area (Å²) in [4.78, 5) is 4.76. The first-order valence-corrected chi connectivity index (χ1v) is 6.64. The molecular formula is C16H17N3O. The highest BCUT2D eigenvalue weighted by Gasteiger charge is 2.14. The van der Waals surface area contributed by atoms with Gasteiger partial charge in [0.25, 0.3) is 0 Å². The highest BCUT2D eigenvalue weighted by atomic mass is 16.5. The van der Waals surface area contributed by atoms with Crippen LogP contribution < -0.4 is 10.5 Å². The van der Waals surface area contributed by atoms with Gasteiger partial charge in [-0.2, -0.15) is 0 Å². The molecule has 0 spiro atoms. The van der Waals surface area contributed by atoms with E-state index in [-0.39, 0.29) is 0 Å². The average Bonchev–Trinajstić information content (AvgIpc) is 2.87. The second-order valence-corrected chi connectivity index (χ2v) is 4.58. The number of hydrogen-bond acceptors (Lipinski definition) is 3. The lowest BCUT2D eigenvalue weighted by atomic mass is 10.2. The van der Waals surface area contributed by atoms with Crippen molar-refractivity contribution in [3.05, 3.63) is 54.4 Å². The van der Waals surface area contributed by atoms with Crippen LogP contribution in [0.1, 0.15) is 5.69 Å². The Morgan fingerprint density at radius 1 is 1.15 bits per heavy atom. The fourth-order valence-electron chi connectivity index (χ4n) is 2.44. The minimum absolute atomic E-state index is 0.590. The predicted octanol–water partition coefficient (Wildman–Crippen LogP) is 2.51. The standard InChI is InChI=1S/C16H17N3O/c1-20-15-8-3-2-6-12(15)16-18-13(9-10-17)14-7-4-5-11-19(14)16/h2-8,11H,9-10,17H2,1H3. The summed E-state index contributed by atoms with van der Waals surface area (Å²) in [6.07, 6.45) is 2.78. The van der Waals surface area contributed by atoms with Crippen molar-refractivity contribution in [3.63, 3.8) is 0 Å². The third-order valence-electron chi connectivity index (χ3n) is 3.35. The predicted molar refractivity (Wildman–Crippen MR) is 79.9 cm³/mol. The van der Waals surface area contributed by atoms with E-state index in [1.807, 2.05) is 42.6 Å². The molecule has 3 aromatic rings. The van der Waals surface area contributed by atoms with E-state index >= 15 is 0 Å². The molecule has 2 N–H and O–H groups in total. The molecule has 0 saturated heterocycles. The van der Waals surface area contributed by atoms with Crippen LogP contribution in [0.2, 0.25) is 0 Å². The van der Waals surface area contributed by atoms with Gasteiger partial charge in [0.05, 0.1) is 23.9 Å². The van der Waals surface area contributed by atoms with Crippen LogP contribution in [0, 0.1) is 0 Å². The minimum Gasteiger partial charge on any atom is -0.496 e. The summed E-state index contributed by atoms with van der Waals surface area (Å²) >= 11 is 0. The first-order chi connectivity index (χ1) is 9.85. The molecule has 4 heteroatoms. The Morgan fingerprint density at radius 3 is 2.75 bits per heavy atom. The molecule has 1 aromatic carbocycles. The number of rotatable bonds is 4. The van der Waals surface area contributed by atoms with E-state index in [0.717, 1.165) is 34.8 Å². The summed E-state index contributed by atoms with van der Waals surface area (Å²) in [7, 11) is 1.68. The molecule has 3 rings (SSSR count). The summed E-state index contributed by atoms with van der Waals surface area (Å²) in [6.45, 7) is 0.590. The number of nitrogens with two attached hydrogens (primary N) is 1. The quantitative estimate of drug-likeness (QED) is 0.790. The van der Waals surface area contributed by atoms with Crippen LogP contribution in [0.4, 0.5) is 0 Å². The molecule has 0 saturated carbocycles. The normalized spacial score (nSPS) is 10.9. The zero-order valence-electron chi connectivity index (χ0n) is 11.4. The van der Waals surface area contributed by atoms with Gasteiger partial charge in [-0.05, 0) is 30.8 Å². The number of hydrogen-bond donors (Lipinski definition) is 1. The molecule has 4 nitrogen and oxygen atoms in total. The molecular weight excluding hydrogens is 250 g/mol. The zero-order valence-corrected chi connectivity index (χ0v) is 11.4. The van der Waals surface area contributed by atoms with E-state index in [4.69, 9.17) is 15.5 Å². The second-order valence-electron chi connectivity index (χ2n) is 4.58. The maximum Gasteiger partial charge on any atom is 0.148 e. The van der Waals surface area contributed by atoms with E-state index in [9.17, 15) is 0 Å². The molecule has 20 heavy (non-hydrogen) atoms. The molecule has 0 aliphatic rings. The summed E-state index contributed by atoms with van der Waals surface area (Å²) in [5.41, 5.74) is 8.79. The summed E-state index contributed by atoms with van der Waals surface area (Å²) < 4.78 is 7.53. The van der Waals surface area contributed by atoms with Crippen LogP contribution in [0.5, 0.6) is 5.75 Å². The van der Waals surface area contributed by atoms with Gasteiger partial charge in [-0.25, -0.2) is 4.98 Å². The number of nitrogens with zero attached hydrogens (tertiary/aromatic N) is 2. The number of imidazole rings is 1. The SMILES string of the molecule is COc1ccccc1-c1nc(CCN)c2ccccn12. The van der Waals surface area contributed by atoms with Crippen LogP contribution in [0.15, 0.2) is 48.7 Å². The Labute approximate surface area is 117 Å². The number of ether oxygens (including phenoxy) is 1. The molecule has 0 atom stereocenters. The Hall–Kier alpha value is -2.33. The monoisotopic (exact) mass is 267 g/mol. The van der Waals surface area contributed by atoms with Crippen molar-refractivity contribution in [3.8, 4) is 17.1 Å². The number of methoxy groups -OCH3 is 1. The first-order valence-electron chi connectivity index (χ1n) is 6.64. The van der Waals surface area contributed by atoms with E-state index in [2.05, 4.69) is 10.5 Å². The van der Waals surface area contributed by atoms with Gasteiger partial charge in [-0.1, -0.05) is 18.2 Å². The van der Waals surface area contributed by atoms with Crippen LogP contribution >= 0.6 is 0 Å².